The van der Waals surface area contributed by atoms with Crippen LogP contribution >= 0.6 is 0 Å². The van der Waals surface area contributed by atoms with Crippen molar-refractivity contribution in [2.75, 3.05) is 44.7 Å². The second-order valence-corrected chi connectivity index (χ2v) is 7.03. The molecule has 1 heterocycles. The number of carbonyl (C=O) groups is 1. The first-order chi connectivity index (χ1) is 13.3. The third-order valence-corrected chi connectivity index (χ3v) is 5.26. The Labute approximate surface area is 164 Å². The topological polar surface area (TPSA) is 53.6 Å². The lowest BCUT2D eigenvalue weighted by Gasteiger charge is -2.38. The Morgan fingerprint density at radius 2 is 1.89 bits per heavy atom. The van der Waals surface area contributed by atoms with Crippen LogP contribution < -0.4 is 10.6 Å². The van der Waals surface area contributed by atoms with Gasteiger partial charge in [-0.2, -0.15) is 13.2 Å². The van der Waals surface area contributed by atoms with Gasteiger partial charge in [-0.25, -0.2) is 0 Å². The summed E-state index contributed by atoms with van der Waals surface area (Å²) in [4.78, 5) is 14.6. The van der Waals surface area contributed by atoms with Crippen LogP contribution in [0.4, 0.5) is 18.9 Å². The van der Waals surface area contributed by atoms with Gasteiger partial charge in [-0.05, 0) is 24.1 Å². The minimum atomic E-state index is -4.40. The number of nitrogens with one attached hydrogen (secondary N) is 2. The predicted molar refractivity (Wildman–Crippen MR) is 103 cm³/mol. The average molecular weight is 401 g/mol. The number of morpholine rings is 1. The average Bonchev–Trinajstić information content (AvgIpc) is 2.70. The van der Waals surface area contributed by atoms with Gasteiger partial charge in [0.05, 0.1) is 25.3 Å². The number of benzene rings is 1. The quantitative estimate of drug-likeness (QED) is 0.666. The first-order valence-electron chi connectivity index (χ1n) is 9.84. The highest BCUT2D eigenvalue weighted by molar-refractivity contribution is 5.80. The van der Waals surface area contributed by atoms with Crippen molar-refractivity contribution >= 4 is 11.6 Å². The molecule has 1 aliphatic heterocycles. The molecule has 1 aliphatic rings. The van der Waals surface area contributed by atoms with Crippen LogP contribution in [0.15, 0.2) is 24.3 Å². The summed E-state index contributed by atoms with van der Waals surface area (Å²) in [7, 11) is 0. The van der Waals surface area contributed by atoms with Gasteiger partial charge in [0.15, 0.2) is 0 Å². The third kappa shape index (κ3) is 6.67. The molecule has 1 atom stereocenters. The molecule has 0 radical (unpaired) electrons. The molecule has 0 saturated carbocycles. The van der Waals surface area contributed by atoms with Crippen LogP contribution in [-0.2, 0) is 15.7 Å². The van der Waals surface area contributed by atoms with Crippen molar-refractivity contribution < 1.29 is 22.7 Å². The lowest BCUT2D eigenvalue weighted by molar-refractivity contribution is -0.137. The fourth-order valence-corrected chi connectivity index (χ4v) is 3.60. The Morgan fingerprint density at radius 3 is 2.50 bits per heavy atom. The molecule has 1 aromatic rings. The first-order valence-corrected chi connectivity index (χ1v) is 9.84. The minimum absolute atomic E-state index is 0.0694. The normalized spacial score (nSPS) is 16.8. The maximum atomic E-state index is 12.8. The summed E-state index contributed by atoms with van der Waals surface area (Å²) in [6.07, 6.45) is -2.35. The van der Waals surface area contributed by atoms with E-state index in [1.165, 1.54) is 12.1 Å². The fourth-order valence-electron chi connectivity index (χ4n) is 3.60. The van der Waals surface area contributed by atoms with E-state index in [4.69, 9.17) is 4.74 Å². The number of halogens is 3. The van der Waals surface area contributed by atoms with E-state index >= 15 is 0 Å². The van der Waals surface area contributed by atoms with Gasteiger partial charge in [-0.15, -0.1) is 0 Å². The van der Waals surface area contributed by atoms with Crippen LogP contribution in [0.3, 0.4) is 0 Å². The standard InChI is InChI=1S/C20H30F3N3O2/c1-3-15(4-2)18(26-8-10-28-11-9-26)13-25-19(27)14-24-17-7-5-6-16(12-17)20(21,22)23/h5-7,12,15,18,24H,3-4,8-11,13-14H2,1-2H3,(H,25,27). The van der Waals surface area contributed by atoms with E-state index in [9.17, 15) is 18.0 Å². The van der Waals surface area contributed by atoms with Crippen LogP contribution in [0, 0.1) is 5.92 Å². The first kappa shape index (κ1) is 22.5. The van der Waals surface area contributed by atoms with Gasteiger partial charge in [0.25, 0.3) is 0 Å². The molecule has 158 valence electrons. The Kier molecular flexibility index (Phi) is 8.57. The zero-order valence-electron chi connectivity index (χ0n) is 16.5. The number of hydrogen-bond acceptors (Lipinski definition) is 4. The summed E-state index contributed by atoms with van der Waals surface area (Å²) in [6, 6.07) is 5.09. The molecule has 28 heavy (non-hydrogen) atoms. The van der Waals surface area contributed by atoms with E-state index in [0.29, 0.717) is 25.7 Å². The van der Waals surface area contributed by atoms with E-state index in [1.54, 1.807) is 0 Å². The molecule has 8 heteroatoms. The molecule has 0 bridgehead atoms. The zero-order valence-corrected chi connectivity index (χ0v) is 16.5. The highest BCUT2D eigenvalue weighted by Crippen LogP contribution is 2.30. The lowest BCUT2D eigenvalue weighted by Crippen LogP contribution is -2.52. The van der Waals surface area contributed by atoms with Gasteiger partial charge in [-0.3, -0.25) is 9.69 Å². The summed E-state index contributed by atoms with van der Waals surface area (Å²) in [5.41, 5.74) is -0.464. The van der Waals surface area contributed by atoms with Crippen molar-refractivity contribution in [1.82, 2.24) is 10.2 Å². The Hall–Kier alpha value is -1.80. The molecule has 0 aromatic heterocycles. The fraction of sp³-hybridized carbons (Fsp3) is 0.650. The molecule has 5 nitrogen and oxygen atoms in total. The number of alkyl halides is 3. The van der Waals surface area contributed by atoms with Crippen LogP contribution in [-0.4, -0.2) is 56.2 Å². The molecule has 2 N–H and O–H groups in total. The molecule has 1 fully saturated rings. The van der Waals surface area contributed by atoms with E-state index in [-0.39, 0.29) is 24.2 Å². The van der Waals surface area contributed by atoms with Gasteiger partial charge in [-0.1, -0.05) is 32.8 Å². The SMILES string of the molecule is CCC(CC)C(CNC(=O)CNc1cccc(C(F)(F)F)c1)N1CCOCC1. The van der Waals surface area contributed by atoms with Crippen molar-refractivity contribution in [3.63, 3.8) is 0 Å². The monoisotopic (exact) mass is 401 g/mol. The number of nitrogens with zero attached hydrogens (tertiary/aromatic N) is 1. The largest absolute Gasteiger partial charge is 0.416 e. The Balaban J connectivity index is 1.88. The molecule has 0 spiro atoms. The number of carbonyl (C=O) groups excluding carboxylic acids is 1. The molecule has 1 amide bonds. The maximum Gasteiger partial charge on any atom is 0.416 e. The zero-order chi connectivity index (χ0) is 20.6. The van der Waals surface area contributed by atoms with Crippen molar-refractivity contribution in [1.29, 1.82) is 0 Å². The van der Waals surface area contributed by atoms with E-state index < -0.39 is 11.7 Å². The van der Waals surface area contributed by atoms with E-state index in [1.807, 2.05) is 0 Å². The van der Waals surface area contributed by atoms with Crippen molar-refractivity contribution in [2.45, 2.75) is 38.9 Å². The lowest BCUT2D eigenvalue weighted by atomic mass is 9.92. The van der Waals surface area contributed by atoms with E-state index in [2.05, 4.69) is 29.4 Å². The van der Waals surface area contributed by atoms with Crippen molar-refractivity contribution in [3.05, 3.63) is 29.8 Å². The van der Waals surface area contributed by atoms with Gasteiger partial charge < -0.3 is 15.4 Å². The number of amides is 1. The molecular weight excluding hydrogens is 371 g/mol. The van der Waals surface area contributed by atoms with Crippen LogP contribution in [0.1, 0.15) is 32.3 Å². The van der Waals surface area contributed by atoms with E-state index in [0.717, 1.165) is 38.1 Å². The van der Waals surface area contributed by atoms with Crippen LogP contribution in [0.2, 0.25) is 0 Å². The van der Waals surface area contributed by atoms with Gasteiger partial charge in [0.1, 0.15) is 0 Å². The van der Waals surface area contributed by atoms with Gasteiger partial charge >= 0.3 is 6.18 Å². The summed E-state index contributed by atoms with van der Waals surface area (Å²) < 4.78 is 43.8. The van der Waals surface area contributed by atoms with Crippen molar-refractivity contribution in [3.8, 4) is 0 Å². The van der Waals surface area contributed by atoms with Crippen LogP contribution in [0.5, 0.6) is 0 Å². The van der Waals surface area contributed by atoms with Gasteiger partial charge in [0, 0.05) is 31.4 Å². The Bertz CT molecular complexity index is 615. The predicted octanol–water partition coefficient (Wildman–Crippen LogP) is 3.37. The summed E-state index contributed by atoms with van der Waals surface area (Å²) in [6.45, 7) is 7.84. The third-order valence-electron chi connectivity index (χ3n) is 5.26. The smallest absolute Gasteiger partial charge is 0.379 e. The minimum Gasteiger partial charge on any atom is -0.379 e. The maximum absolute atomic E-state index is 12.8. The number of rotatable bonds is 9. The second kappa shape index (κ2) is 10.7. The second-order valence-electron chi connectivity index (χ2n) is 7.03. The van der Waals surface area contributed by atoms with Crippen molar-refractivity contribution in [2.24, 2.45) is 5.92 Å². The summed E-state index contributed by atoms with van der Waals surface area (Å²) in [5.74, 6) is 0.233. The molecular formula is C20H30F3N3O2. The molecule has 1 aromatic carbocycles. The molecule has 2 rings (SSSR count). The number of ether oxygens (including phenoxy) is 1. The number of anilines is 1. The number of hydrogen-bond donors (Lipinski definition) is 2. The summed E-state index contributed by atoms with van der Waals surface area (Å²) in [5, 5.41) is 5.71. The summed E-state index contributed by atoms with van der Waals surface area (Å²) >= 11 is 0. The highest BCUT2D eigenvalue weighted by Gasteiger charge is 2.30. The molecule has 0 aliphatic carbocycles. The van der Waals surface area contributed by atoms with Gasteiger partial charge in [0.2, 0.25) is 5.91 Å². The Morgan fingerprint density at radius 1 is 1.21 bits per heavy atom. The molecule has 1 saturated heterocycles. The molecule has 1 unspecified atom stereocenters. The van der Waals surface area contributed by atoms with Crippen LogP contribution in [0.25, 0.3) is 0 Å². The highest BCUT2D eigenvalue weighted by atomic mass is 19.4.